The van der Waals surface area contributed by atoms with E-state index >= 15 is 0 Å². The van der Waals surface area contributed by atoms with Gasteiger partial charge in [0, 0.05) is 17.6 Å². The number of pyridine rings is 1. The van der Waals surface area contributed by atoms with Crippen LogP contribution in [0.4, 0.5) is 5.69 Å². The third-order valence-electron chi connectivity index (χ3n) is 2.55. The monoisotopic (exact) mass is 282 g/mol. The van der Waals surface area contributed by atoms with Crippen molar-refractivity contribution in [1.82, 2.24) is 4.98 Å². The number of ether oxygens (including phenoxy) is 1. The number of nitrogens with zero attached hydrogens (tertiary/aromatic N) is 3. The van der Waals surface area contributed by atoms with Crippen molar-refractivity contribution >= 4 is 16.6 Å². The molecule has 1 aromatic heterocycles. The van der Waals surface area contributed by atoms with Gasteiger partial charge in [-0.1, -0.05) is 20.3 Å². The van der Waals surface area contributed by atoms with E-state index in [-0.39, 0.29) is 0 Å². The predicted octanol–water partition coefficient (Wildman–Crippen LogP) is 3.38. The molecule has 0 radical (unpaired) electrons. The fraction of sp³-hybridized carbons (Fsp3) is 0.312. The predicted molar refractivity (Wildman–Crippen MR) is 82.7 cm³/mol. The molecule has 0 spiro atoms. The van der Waals surface area contributed by atoms with Crippen LogP contribution in [0.1, 0.15) is 38.3 Å². The van der Waals surface area contributed by atoms with Crippen molar-refractivity contribution < 1.29 is 4.74 Å². The van der Waals surface area contributed by atoms with Crippen LogP contribution in [0.25, 0.3) is 10.9 Å². The molecule has 0 aliphatic rings. The Morgan fingerprint density at radius 2 is 1.76 bits per heavy atom. The Morgan fingerprint density at radius 3 is 2.29 bits per heavy atom. The highest BCUT2D eigenvalue weighted by Crippen LogP contribution is 2.29. The van der Waals surface area contributed by atoms with E-state index in [0.29, 0.717) is 40.1 Å². The Bertz CT molecular complexity index is 711. The number of aromatic nitrogens is 1. The van der Waals surface area contributed by atoms with Gasteiger partial charge in [0.25, 0.3) is 0 Å². The standard InChI is InChI=1S/C13H10N4O.C3H8/c1-2-18-12-4-11-10(3-8(12)5-14)13(16)9(6-15)7-17-11;1-3-2/h3-4,7H,2H2,1H3,(H2,16,17);3H2,1-2H3. The van der Waals surface area contributed by atoms with Gasteiger partial charge in [0.1, 0.15) is 17.9 Å². The highest BCUT2D eigenvalue weighted by Gasteiger charge is 2.11. The number of nitrogens with two attached hydrogens (primary N) is 1. The van der Waals surface area contributed by atoms with Gasteiger partial charge in [0.05, 0.1) is 28.9 Å². The Balaban J connectivity index is 0.000000677. The number of nitrogen functional groups attached to an aromatic ring is 1. The molecule has 0 unspecified atom stereocenters. The lowest BCUT2D eigenvalue weighted by Crippen LogP contribution is -1.98. The van der Waals surface area contributed by atoms with E-state index in [1.54, 1.807) is 12.1 Å². The van der Waals surface area contributed by atoms with Gasteiger partial charge in [-0.25, -0.2) is 0 Å². The molecule has 0 aliphatic heterocycles. The Labute approximate surface area is 124 Å². The minimum Gasteiger partial charge on any atom is -0.492 e. The average molecular weight is 282 g/mol. The third kappa shape index (κ3) is 3.61. The smallest absolute Gasteiger partial charge is 0.139 e. The van der Waals surface area contributed by atoms with E-state index in [9.17, 15) is 0 Å². The molecule has 2 aromatic rings. The lowest BCUT2D eigenvalue weighted by atomic mass is 10.1. The number of benzene rings is 1. The third-order valence-corrected chi connectivity index (χ3v) is 2.55. The van der Waals surface area contributed by atoms with Crippen LogP contribution in [-0.4, -0.2) is 11.6 Å². The maximum Gasteiger partial charge on any atom is 0.139 e. The first-order valence-corrected chi connectivity index (χ1v) is 6.78. The van der Waals surface area contributed by atoms with E-state index in [2.05, 4.69) is 18.8 Å². The molecule has 1 aromatic carbocycles. The number of hydrogen-bond acceptors (Lipinski definition) is 5. The number of fused-ring (bicyclic) bond motifs is 1. The van der Waals surface area contributed by atoms with Crippen LogP contribution in [0.15, 0.2) is 18.3 Å². The zero-order chi connectivity index (χ0) is 15.8. The second kappa shape index (κ2) is 7.72. The molecule has 0 bridgehead atoms. The van der Waals surface area contributed by atoms with Crippen molar-refractivity contribution in [3.05, 3.63) is 29.5 Å². The van der Waals surface area contributed by atoms with Crippen molar-refractivity contribution in [2.75, 3.05) is 12.3 Å². The van der Waals surface area contributed by atoms with Crippen molar-refractivity contribution in [3.63, 3.8) is 0 Å². The largest absolute Gasteiger partial charge is 0.492 e. The first-order chi connectivity index (χ1) is 10.1. The van der Waals surface area contributed by atoms with Gasteiger partial charge in [0.15, 0.2) is 0 Å². The van der Waals surface area contributed by atoms with E-state index in [0.717, 1.165) is 0 Å². The highest BCUT2D eigenvalue weighted by molar-refractivity contribution is 5.94. The molecule has 2 N–H and O–H groups in total. The number of rotatable bonds is 2. The molecule has 0 fully saturated rings. The zero-order valence-corrected chi connectivity index (χ0v) is 12.5. The highest BCUT2D eigenvalue weighted by atomic mass is 16.5. The van der Waals surface area contributed by atoms with Gasteiger partial charge in [-0.2, -0.15) is 10.5 Å². The summed E-state index contributed by atoms with van der Waals surface area (Å²) in [6.45, 7) is 6.55. The van der Waals surface area contributed by atoms with Gasteiger partial charge in [-0.3, -0.25) is 4.98 Å². The second-order valence-corrected chi connectivity index (χ2v) is 4.31. The number of anilines is 1. The number of hydrogen-bond donors (Lipinski definition) is 1. The van der Waals surface area contributed by atoms with E-state index < -0.39 is 0 Å². The summed E-state index contributed by atoms with van der Waals surface area (Å²) in [6, 6.07) is 7.27. The lowest BCUT2D eigenvalue weighted by Gasteiger charge is -2.08. The summed E-state index contributed by atoms with van der Waals surface area (Å²) in [5.74, 6) is 0.476. The van der Waals surface area contributed by atoms with E-state index in [1.807, 2.05) is 19.1 Å². The molecule has 0 amide bonds. The summed E-state index contributed by atoms with van der Waals surface area (Å²) in [5.41, 5.74) is 7.49. The van der Waals surface area contributed by atoms with Crippen LogP contribution in [0.5, 0.6) is 5.75 Å². The Hall–Kier alpha value is -2.79. The van der Waals surface area contributed by atoms with Gasteiger partial charge >= 0.3 is 0 Å². The molecule has 21 heavy (non-hydrogen) atoms. The van der Waals surface area contributed by atoms with Crippen LogP contribution in [0, 0.1) is 22.7 Å². The first-order valence-electron chi connectivity index (χ1n) is 6.78. The van der Waals surface area contributed by atoms with E-state index in [4.69, 9.17) is 21.0 Å². The lowest BCUT2D eigenvalue weighted by molar-refractivity contribution is 0.339. The molecule has 0 saturated heterocycles. The summed E-state index contributed by atoms with van der Waals surface area (Å²) in [6.07, 6.45) is 2.67. The van der Waals surface area contributed by atoms with Crippen LogP contribution in [0.3, 0.4) is 0 Å². The molecule has 0 aliphatic carbocycles. The zero-order valence-electron chi connectivity index (χ0n) is 12.5. The summed E-state index contributed by atoms with van der Waals surface area (Å²) in [4.78, 5) is 4.14. The maximum absolute atomic E-state index is 9.07. The quantitative estimate of drug-likeness (QED) is 0.910. The Kier molecular flexibility index (Phi) is 5.98. The summed E-state index contributed by atoms with van der Waals surface area (Å²) >= 11 is 0. The van der Waals surface area contributed by atoms with Gasteiger partial charge in [0.2, 0.25) is 0 Å². The molecular weight excluding hydrogens is 264 g/mol. The molecule has 0 atom stereocenters. The average Bonchev–Trinajstić information content (AvgIpc) is 2.48. The molecular formula is C16H18N4O. The summed E-state index contributed by atoms with van der Waals surface area (Å²) < 4.78 is 5.36. The molecule has 2 rings (SSSR count). The van der Waals surface area contributed by atoms with Gasteiger partial charge in [-0.15, -0.1) is 0 Å². The fourth-order valence-corrected chi connectivity index (χ4v) is 1.69. The maximum atomic E-state index is 9.07. The van der Waals surface area contributed by atoms with Crippen molar-refractivity contribution in [1.29, 1.82) is 10.5 Å². The first kappa shape index (κ1) is 16.3. The topological polar surface area (TPSA) is 95.7 Å². The normalized spacial score (nSPS) is 9.19. The SMILES string of the molecule is CCC.CCOc1cc2ncc(C#N)c(N)c2cc1C#N. The molecule has 5 nitrogen and oxygen atoms in total. The molecule has 5 heteroatoms. The summed E-state index contributed by atoms with van der Waals surface area (Å²) in [5, 5.41) is 18.5. The molecule has 0 saturated carbocycles. The van der Waals surface area contributed by atoms with Crippen LogP contribution in [-0.2, 0) is 0 Å². The van der Waals surface area contributed by atoms with Crippen LogP contribution < -0.4 is 10.5 Å². The minimum atomic E-state index is 0.301. The van der Waals surface area contributed by atoms with Crippen molar-refractivity contribution in [2.45, 2.75) is 27.2 Å². The Morgan fingerprint density at radius 1 is 1.14 bits per heavy atom. The molecule has 108 valence electrons. The summed E-state index contributed by atoms with van der Waals surface area (Å²) in [7, 11) is 0. The molecule has 1 heterocycles. The van der Waals surface area contributed by atoms with Crippen molar-refractivity contribution in [3.8, 4) is 17.9 Å². The number of nitriles is 2. The van der Waals surface area contributed by atoms with Crippen LogP contribution in [0.2, 0.25) is 0 Å². The van der Waals surface area contributed by atoms with E-state index in [1.165, 1.54) is 12.6 Å². The second-order valence-electron chi connectivity index (χ2n) is 4.31. The van der Waals surface area contributed by atoms with Gasteiger partial charge in [-0.05, 0) is 13.0 Å². The van der Waals surface area contributed by atoms with Gasteiger partial charge < -0.3 is 10.5 Å². The van der Waals surface area contributed by atoms with Crippen LogP contribution >= 0.6 is 0 Å². The fourth-order valence-electron chi connectivity index (χ4n) is 1.69. The minimum absolute atomic E-state index is 0.301. The van der Waals surface area contributed by atoms with Crippen molar-refractivity contribution in [2.24, 2.45) is 0 Å².